The van der Waals surface area contributed by atoms with E-state index in [1.165, 1.54) is 24.3 Å². The van der Waals surface area contributed by atoms with E-state index in [4.69, 9.17) is 19.5 Å². The van der Waals surface area contributed by atoms with Crippen molar-refractivity contribution in [3.8, 4) is 11.5 Å². The molecule has 4 nitrogen and oxygen atoms in total. The molecular formula is C14H14BFO4. The first-order chi connectivity index (χ1) is 9.65. The maximum absolute atomic E-state index is 12.7. The maximum atomic E-state index is 12.7. The molecule has 0 bridgehead atoms. The fourth-order valence-corrected chi connectivity index (χ4v) is 1.61. The zero-order valence-electron chi connectivity index (χ0n) is 10.7. The zero-order valence-corrected chi connectivity index (χ0v) is 10.7. The van der Waals surface area contributed by atoms with Gasteiger partial charge in [-0.25, -0.2) is 4.39 Å². The summed E-state index contributed by atoms with van der Waals surface area (Å²) in [6, 6.07) is 12.2. The highest BCUT2D eigenvalue weighted by molar-refractivity contribution is 6.58. The van der Waals surface area contributed by atoms with Crippen molar-refractivity contribution in [3.63, 3.8) is 0 Å². The largest absolute Gasteiger partial charge is 0.490 e. The second-order valence-corrected chi connectivity index (χ2v) is 4.10. The molecule has 2 aromatic carbocycles. The minimum Gasteiger partial charge on any atom is -0.490 e. The standard InChI is InChI=1S/C14H14BFO4/c16-12-4-6-13(7-5-12)19-8-9-20-14-3-1-2-11(10-14)15(17)18/h1-7,10,17-18H,8-9H2. The lowest BCUT2D eigenvalue weighted by Crippen LogP contribution is -2.29. The van der Waals surface area contributed by atoms with E-state index in [-0.39, 0.29) is 5.82 Å². The second-order valence-electron chi connectivity index (χ2n) is 4.10. The second kappa shape index (κ2) is 6.93. The number of hydrogen-bond donors (Lipinski definition) is 2. The van der Waals surface area contributed by atoms with Crippen LogP contribution in [0.25, 0.3) is 0 Å². The molecule has 104 valence electrons. The van der Waals surface area contributed by atoms with Gasteiger partial charge in [-0.3, -0.25) is 0 Å². The Bertz CT molecular complexity index is 545. The Morgan fingerprint density at radius 1 is 0.900 bits per heavy atom. The van der Waals surface area contributed by atoms with Gasteiger partial charge in [0.25, 0.3) is 0 Å². The molecule has 0 aliphatic heterocycles. The van der Waals surface area contributed by atoms with Crippen molar-refractivity contribution >= 4 is 12.6 Å². The molecule has 0 unspecified atom stereocenters. The van der Waals surface area contributed by atoms with Crippen LogP contribution in [0.3, 0.4) is 0 Å². The van der Waals surface area contributed by atoms with E-state index in [0.717, 1.165) is 0 Å². The fraction of sp³-hybridized carbons (Fsp3) is 0.143. The van der Waals surface area contributed by atoms with Crippen LogP contribution in [0.1, 0.15) is 0 Å². The van der Waals surface area contributed by atoms with Gasteiger partial charge in [0.1, 0.15) is 30.5 Å². The van der Waals surface area contributed by atoms with Gasteiger partial charge in [0.05, 0.1) is 0 Å². The molecule has 0 saturated heterocycles. The lowest BCUT2D eigenvalue weighted by Gasteiger charge is -2.09. The highest BCUT2D eigenvalue weighted by Gasteiger charge is 2.10. The first kappa shape index (κ1) is 14.4. The van der Waals surface area contributed by atoms with Crippen molar-refractivity contribution in [2.75, 3.05) is 13.2 Å². The van der Waals surface area contributed by atoms with Crippen molar-refractivity contribution < 1.29 is 23.9 Å². The molecule has 0 amide bonds. The van der Waals surface area contributed by atoms with Crippen molar-refractivity contribution in [1.29, 1.82) is 0 Å². The van der Waals surface area contributed by atoms with E-state index in [1.807, 2.05) is 0 Å². The molecule has 2 N–H and O–H groups in total. The summed E-state index contributed by atoms with van der Waals surface area (Å²) in [4.78, 5) is 0. The Hall–Kier alpha value is -2.05. The van der Waals surface area contributed by atoms with Crippen LogP contribution in [0.5, 0.6) is 11.5 Å². The Balaban J connectivity index is 1.78. The maximum Gasteiger partial charge on any atom is 0.488 e. The summed E-state index contributed by atoms with van der Waals surface area (Å²) in [5.41, 5.74) is 0.363. The highest BCUT2D eigenvalue weighted by atomic mass is 19.1. The van der Waals surface area contributed by atoms with E-state index in [9.17, 15) is 4.39 Å². The molecule has 2 rings (SSSR count). The van der Waals surface area contributed by atoms with Crippen LogP contribution in [0, 0.1) is 5.82 Å². The number of halogens is 1. The topological polar surface area (TPSA) is 58.9 Å². The van der Waals surface area contributed by atoms with Crippen LogP contribution < -0.4 is 14.9 Å². The Kier molecular flexibility index (Phi) is 4.98. The van der Waals surface area contributed by atoms with Gasteiger partial charge in [-0.15, -0.1) is 0 Å². The minimum atomic E-state index is -1.52. The van der Waals surface area contributed by atoms with Gasteiger partial charge in [0.15, 0.2) is 0 Å². The number of rotatable bonds is 6. The lowest BCUT2D eigenvalue weighted by molar-refractivity contribution is 0.217. The van der Waals surface area contributed by atoms with Crippen LogP contribution in [0.2, 0.25) is 0 Å². The van der Waals surface area contributed by atoms with E-state index >= 15 is 0 Å². The lowest BCUT2D eigenvalue weighted by atomic mass is 9.80. The Labute approximate surface area is 116 Å². The predicted octanol–water partition coefficient (Wildman–Crippen LogP) is 0.963. The summed E-state index contributed by atoms with van der Waals surface area (Å²) in [6.45, 7) is 0.597. The normalized spacial score (nSPS) is 10.2. The van der Waals surface area contributed by atoms with Gasteiger partial charge in [-0.1, -0.05) is 12.1 Å². The summed E-state index contributed by atoms with van der Waals surface area (Å²) in [6.07, 6.45) is 0. The average Bonchev–Trinajstić information content (AvgIpc) is 2.46. The molecule has 20 heavy (non-hydrogen) atoms. The summed E-state index contributed by atoms with van der Waals surface area (Å²) in [5.74, 6) is 0.779. The summed E-state index contributed by atoms with van der Waals surface area (Å²) in [7, 11) is -1.52. The van der Waals surface area contributed by atoms with Crippen LogP contribution in [0.4, 0.5) is 4.39 Å². The van der Waals surface area contributed by atoms with Crippen LogP contribution in [-0.2, 0) is 0 Å². The third-order valence-corrected chi connectivity index (χ3v) is 2.59. The first-order valence-corrected chi connectivity index (χ1v) is 6.12. The number of ether oxygens (including phenoxy) is 2. The number of hydrogen-bond acceptors (Lipinski definition) is 4. The summed E-state index contributed by atoms with van der Waals surface area (Å²) in [5, 5.41) is 18.1. The average molecular weight is 276 g/mol. The van der Waals surface area contributed by atoms with Gasteiger partial charge >= 0.3 is 7.12 Å². The zero-order chi connectivity index (χ0) is 14.4. The summed E-state index contributed by atoms with van der Waals surface area (Å²) >= 11 is 0. The molecule has 0 aliphatic carbocycles. The molecule has 0 heterocycles. The van der Waals surface area contributed by atoms with Gasteiger partial charge in [-0.2, -0.15) is 0 Å². The van der Waals surface area contributed by atoms with Gasteiger partial charge in [0.2, 0.25) is 0 Å². The van der Waals surface area contributed by atoms with Crippen LogP contribution in [0.15, 0.2) is 48.5 Å². The van der Waals surface area contributed by atoms with Crippen molar-refractivity contribution in [2.45, 2.75) is 0 Å². The molecule has 0 atom stereocenters. The first-order valence-electron chi connectivity index (χ1n) is 6.12. The van der Waals surface area contributed by atoms with E-state index < -0.39 is 7.12 Å². The summed E-state index contributed by atoms with van der Waals surface area (Å²) < 4.78 is 23.5. The molecule has 0 fully saturated rings. The van der Waals surface area contributed by atoms with Gasteiger partial charge in [-0.05, 0) is 41.9 Å². The highest BCUT2D eigenvalue weighted by Crippen LogP contribution is 2.11. The van der Waals surface area contributed by atoms with Gasteiger partial charge in [0, 0.05) is 0 Å². The SMILES string of the molecule is OB(O)c1cccc(OCCOc2ccc(F)cc2)c1. The smallest absolute Gasteiger partial charge is 0.488 e. The third kappa shape index (κ3) is 4.26. The minimum absolute atomic E-state index is 0.294. The molecule has 0 radical (unpaired) electrons. The Morgan fingerprint density at radius 2 is 1.55 bits per heavy atom. The molecule has 0 saturated carbocycles. The molecule has 2 aromatic rings. The van der Waals surface area contributed by atoms with E-state index in [1.54, 1.807) is 24.3 Å². The quantitative estimate of drug-likeness (QED) is 0.609. The molecule has 0 aromatic heterocycles. The molecular weight excluding hydrogens is 262 g/mol. The molecule has 0 spiro atoms. The van der Waals surface area contributed by atoms with Crippen molar-refractivity contribution in [1.82, 2.24) is 0 Å². The fourth-order valence-electron chi connectivity index (χ4n) is 1.61. The van der Waals surface area contributed by atoms with Gasteiger partial charge < -0.3 is 19.5 Å². The predicted molar refractivity (Wildman–Crippen MR) is 73.7 cm³/mol. The van der Waals surface area contributed by atoms with E-state index in [2.05, 4.69) is 0 Å². The van der Waals surface area contributed by atoms with E-state index in [0.29, 0.717) is 30.2 Å². The van der Waals surface area contributed by atoms with Crippen LogP contribution >= 0.6 is 0 Å². The number of benzene rings is 2. The van der Waals surface area contributed by atoms with Crippen molar-refractivity contribution in [3.05, 3.63) is 54.3 Å². The molecule has 0 aliphatic rings. The van der Waals surface area contributed by atoms with Crippen LogP contribution in [-0.4, -0.2) is 30.4 Å². The monoisotopic (exact) mass is 276 g/mol. The Morgan fingerprint density at radius 3 is 2.20 bits per heavy atom. The van der Waals surface area contributed by atoms with Crippen molar-refractivity contribution in [2.24, 2.45) is 0 Å². The third-order valence-electron chi connectivity index (χ3n) is 2.59. The molecule has 6 heteroatoms.